The minimum absolute atomic E-state index is 0.112. The molecule has 104 valence electrons. The molecule has 0 aliphatic heterocycles. The Labute approximate surface area is 115 Å². The van der Waals surface area contributed by atoms with Gasteiger partial charge in [0.1, 0.15) is 0 Å². The lowest BCUT2D eigenvalue weighted by molar-refractivity contribution is -0.121. The van der Waals surface area contributed by atoms with Gasteiger partial charge in [-0.2, -0.15) is 0 Å². The molecule has 0 saturated heterocycles. The predicted octanol–water partition coefficient (Wildman–Crippen LogP) is 2.38. The van der Waals surface area contributed by atoms with Crippen molar-refractivity contribution in [3.8, 4) is 0 Å². The number of amides is 1. The number of benzene rings is 1. The topological polar surface area (TPSA) is 55.1 Å². The second-order valence-electron chi connectivity index (χ2n) is 5.63. The Kier molecular flexibility index (Phi) is 4.59. The van der Waals surface area contributed by atoms with Crippen LogP contribution in [0.15, 0.2) is 24.3 Å². The molecular formula is C16H24N2O. The Balaban J connectivity index is 1.87. The lowest BCUT2D eigenvalue weighted by Gasteiger charge is -2.41. The minimum Gasteiger partial charge on any atom is -0.355 e. The molecular weight excluding hydrogens is 236 g/mol. The zero-order valence-electron chi connectivity index (χ0n) is 11.7. The van der Waals surface area contributed by atoms with Gasteiger partial charge in [0.15, 0.2) is 0 Å². The molecule has 1 saturated carbocycles. The fraction of sp³-hybridized carbons (Fsp3) is 0.562. The van der Waals surface area contributed by atoms with Crippen LogP contribution in [0.2, 0.25) is 0 Å². The van der Waals surface area contributed by atoms with Crippen molar-refractivity contribution < 1.29 is 4.79 Å². The molecule has 3 heteroatoms. The summed E-state index contributed by atoms with van der Waals surface area (Å²) in [6, 6.07) is 7.90. The highest BCUT2D eigenvalue weighted by molar-refractivity contribution is 5.79. The summed E-state index contributed by atoms with van der Waals surface area (Å²) in [5, 5.41) is 3.10. The predicted molar refractivity (Wildman–Crippen MR) is 77.6 cm³/mol. The molecule has 0 unspecified atom stereocenters. The first-order chi connectivity index (χ1) is 9.19. The first-order valence-corrected chi connectivity index (χ1v) is 7.23. The Hall–Kier alpha value is -1.35. The van der Waals surface area contributed by atoms with Gasteiger partial charge in [0, 0.05) is 13.1 Å². The van der Waals surface area contributed by atoms with Crippen molar-refractivity contribution in [1.82, 2.24) is 5.32 Å². The number of carbonyl (C=O) groups excluding carboxylic acids is 1. The first kappa shape index (κ1) is 14.1. The lowest BCUT2D eigenvalue weighted by Crippen LogP contribution is -2.42. The van der Waals surface area contributed by atoms with Crippen molar-refractivity contribution in [1.29, 1.82) is 0 Å². The number of rotatable bonds is 6. The highest BCUT2D eigenvalue weighted by Gasteiger charge is 2.35. The summed E-state index contributed by atoms with van der Waals surface area (Å²) >= 11 is 0. The van der Waals surface area contributed by atoms with Crippen LogP contribution in [0.25, 0.3) is 0 Å². The Bertz CT molecular complexity index is 433. The molecule has 0 spiro atoms. The maximum absolute atomic E-state index is 12.0. The summed E-state index contributed by atoms with van der Waals surface area (Å²) in [6.45, 7) is 3.53. The third-order valence-electron chi connectivity index (χ3n) is 4.51. The molecule has 1 aliphatic carbocycles. The van der Waals surface area contributed by atoms with E-state index < -0.39 is 0 Å². The molecule has 0 bridgehead atoms. The van der Waals surface area contributed by atoms with Crippen LogP contribution in [0.4, 0.5) is 0 Å². The fourth-order valence-corrected chi connectivity index (χ4v) is 2.78. The molecule has 1 aromatic carbocycles. The largest absolute Gasteiger partial charge is 0.355 e. The lowest BCUT2D eigenvalue weighted by atomic mass is 9.67. The van der Waals surface area contributed by atoms with E-state index >= 15 is 0 Å². The van der Waals surface area contributed by atoms with Gasteiger partial charge in [0.05, 0.1) is 6.42 Å². The highest BCUT2D eigenvalue weighted by atomic mass is 16.1. The summed E-state index contributed by atoms with van der Waals surface area (Å²) < 4.78 is 0. The SMILES string of the molecule is CCC1(CNC(=O)Cc2ccccc2CN)CCC1. The van der Waals surface area contributed by atoms with Crippen LogP contribution in [0.3, 0.4) is 0 Å². The Morgan fingerprint density at radius 3 is 2.53 bits per heavy atom. The number of carbonyl (C=O) groups is 1. The molecule has 1 amide bonds. The van der Waals surface area contributed by atoms with Crippen LogP contribution < -0.4 is 11.1 Å². The van der Waals surface area contributed by atoms with Gasteiger partial charge < -0.3 is 11.1 Å². The summed E-state index contributed by atoms with van der Waals surface area (Å²) in [6.07, 6.45) is 5.41. The second-order valence-corrected chi connectivity index (χ2v) is 5.63. The van der Waals surface area contributed by atoms with Crippen molar-refractivity contribution in [2.24, 2.45) is 11.1 Å². The zero-order chi connectivity index (χ0) is 13.7. The van der Waals surface area contributed by atoms with Gasteiger partial charge in [-0.1, -0.05) is 37.6 Å². The third kappa shape index (κ3) is 3.35. The van der Waals surface area contributed by atoms with E-state index in [1.165, 1.54) is 19.3 Å². The van der Waals surface area contributed by atoms with E-state index in [0.29, 0.717) is 18.4 Å². The third-order valence-corrected chi connectivity index (χ3v) is 4.51. The number of hydrogen-bond acceptors (Lipinski definition) is 2. The molecule has 0 heterocycles. The number of nitrogens with two attached hydrogens (primary N) is 1. The van der Waals surface area contributed by atoms with E-state index in [1.54, 1.807) is 0 Å². The number of nitrogens with one attached hydrogen (secondary N) is 1. The molecule has 1 aromatic rings. The normalized spacial score (nSPS) is 16.7. The van der Waals surface area contributed by atoms with Crippen molar-refractivity contribution in [3.63, 3.8) is 0 Å². The molecule has 0 radical (unpaired) electrons. The van der Waals surface area contributed by atoms with Gasteiger partial charge in [-0.3, -0.25) is 4.79 Å². The average Bonchev–Trinajstić information content (AvgIpc) is 2.38. The van der Waals surface area contributed by atoms with Crippen molar-refractivity contribution in [3.05, 3.63) is 35.4 Å². The molecule has 3 N–H and O–H groups in total. The summed E-state index contributed by atoms with van der Waals surface area (Å²) in [5.74, 6) is 0.112. The van der Waals surface area contributed by atoms with Crippen molar-refractivity contribution in [2.75, 3.05) is 6.54 Å². The average molecular weight is 260 g/mol. The molecule has 1 aliphatic rings. The quantitative estimate of drug-likeness (QED) is 0.825. The smallest absolute Gasteiger partial charge is 0.224 e. The molecule has 1 fully saturated rings. The fourth-order valence-electron chi connectivity index (χ4n) is 2.78. The van der Waals surface area contributed by atoms with E-state index in [-0.39, 0.29) is 5.91 Å². The number of hydrogen-bond donors (Lipinski definition) is 2. The van der Waals surface area contributed by atoms with Gasteiger partial charge in [-0.25, -0.2) is 0 Å². The van der Waals surface area contributed by atoms with Crippen LogP contribution in [0.5, 0.6) is 0 Å². The molecule has 0 atom stereocenters. The second kappa shape index (κ2) is 6.20. The summed E-state index contributed by atoms with van der Waals surface area (Å²) in [5.41, 5.74) is 8.17. The first-order valence-electron chi connectivity index (χ1n) is 7.23. The highest BCUT2D eigenvalue weighted by Crippen LogP contribution is 2.42. The van der Waals surface area contributed by atoms with Crippen molar-refractivity contribution >= 4 is 5.91 Å². The monoisotopic (exact) mass is 260 g/mol. The maximum Gasteiger partial charge on any atom is 0.224 e. The van der Waals surface area contributed by atoms with Crippen molar-refractivity contribution in [2.45, 2.75) is 45.6 Å². The van der Waals surface area contributed by atoms with Crippen LogP contribution in [-0.4, -0.2) is 12.5 Å². The van der Waals surface area contributed by atoms with E-state index in [2.05, 4.69) is 12.2 Å². The van der Waals surface area contributed by atoms with Crippen LogP contribution in [0, 0.1) is 5.41 Å². The van der Waals surface area contributed by atoms with Gasteiger partial charge >= 0.3 is 0 Å². The van der Waals surface area contributed by atoms with Crippen LogP contribution in [0.1, 0.15) is 43.7 Å². The van der Waals surface area contributed by atoms with Crippen LogP contribution >= 0.6 is 0 Å². The van der Waals surface area contributed by atoms with E-state index in [1.807, 2.05) is 24.3 Å². The van der Waals surface area contributed by atoms with Gasteiger partial charge in [-0.15, -0.1) is 0 Å². The van der Waals surface area contributed by atoms with E-state index in [0.717, 1.165) is 24.1 Å². The molecule has 3 nitrogen and oxygen atoms in total. The summed E-state index contributed by atoms with van der Waals surface area (Å²) in [7, 11) is 0. The van der Waals surface area contributed by atoms with Crippen LogP contribution in [-0.2, 0) is 17.8 Å². The standard InChI is InChI=1S/C16H24N2O/c1-2-16(8-5-9-16)12-18-15(19)10-13-6-3-4-7-14(13)11-17/h3-4,6-7H,2,5,8-12,17H2,1H3,(H,18,19). The molecule has 0 aromatic heterocycles. The maximum atomic E-state index is 12.0. The Morgan fingerprint density at radius 2 is 2.00 bits per heavy atom. The molecule has 2 rings (SSSR count). The molecule has 19 heavy (non-hydrogen) atoms. The zero-order valence-corrected chi connectivity index (χ0v) is 11.7. The van der Waals surface area contributed by atoms with Gasteiger partial charge in [0.2, 0.25) is 5.91 Å². The Morgan fingerprint density at radius 1 is 1.32 bits per heavy atom. The van der Waals surface area contributed by atoms with Gasteiger partial charge in [0.25, 0.3) is 0 Å². The van der Waals surface area contributed by atoms with Gasteiger partial charge in [-0.05, 0) is 35.8 Å². The minimum atomic E-state index is 0.112. The van der Waals surface area contributed by atoms with E-state index in [9.17, 15) is 4.79 Å². The summed E-state index contributed by atoms with van der Waals surface area (Å²) in [4.78, 5) is 12.0. The van der Waals surface area contributed by atoms with E-state index in [4.69, 9.17) is 5.73 Å².